The molecule has 2 aromatic rings. The number of rotatable bonds is 6. The van der Waals surface area contributed by atoms with E-state index in [-0.39, 0.29) is 0 Å². The van der Waals surface area contributed by atoms with Gasteiger partial charge in [0.2, 0.25) is 5.95 Å². The van der Waals surface area contributed by atoms with Gasteiger partial charge in [-0.3, -0.25) is 0 Å². The zero-order valence-corrected chi connectivity index (χ0v) is 10.5. The van der Waals surface area contributed by atoms with E-state index in [4.69, 9.17) is 9.15 Å². The molecule has 0 aliphatic carbocycles. The molecule has 0 amide bonds. The molecule has 0 unspecified atom stereocenters. The molecule has 96 valence electrons. The lowest BCUT2D eigenvalue weighted by atomic mass is 10.3. The van der Waals surface area contributed by atoms with E-state index in [1.807, 2.05) is 13.8 Å². The first kappa shape index (κ1) is 12.3. The summed E-state index contributed by atoms with van der Waals surface area (Å²) >= 11 is 0. The minimum atomic E-state index is 0.332. The van der Waals surface area contributed by atoms with Gasteiger partial charge < -0.3 is 14.5 Å². The molecule has 0 spiro atoms. The Kier molecular flexibility index (Phi) is 4.11. The van der Waals surface area contributed by atoms with Gasteiger partial charge in [-0.2, -0.15) is 15.0 Å². The predicted octanol–water partition coefficient (Wildman–Crippen LogP) is 2.35. The van der Waals surface area contributed by atoms with Gasteiger partial charge in [0.25, 0.3) is 0 Å². The molecule has 0 radical (unpaired) electrons. The first-order valence-corrected chi connectivity index (χ1v) is 5.98. The molecule has 0 aliphatic rings. The fraction of sp³-hybridized carbons (Fsp3) is 0.417. The second-order valence-corrected chi connectivity index (χ2v) is 3.66. The number of furan rings is 1. The van der Waals surface area contributed by atoms with Crippen molar-refractivity contribution in [3.05, 3.63) is 18.6 Å². The van der Waals surface area contributed by atoms with Crippen molar-refractivity contribution in [2.24, 2.45) is 0 Å². The third-order valence-electron chi connectivity index (χ3n) is 2.16. The van der Waals surface area contributed by atoms with Crippen molar-refractivity contribution in [3.8, 4) is 17.4 Å². The van der Waals surface area contributed by atoms with E-state index < -0.39 is 0 Å². The van der Waals surface area contributed by atoms with Gasteiger partial charge in [0, 0.05) is 6.54 Å². The standard InChI is InChI=1S/C12H16N4O2/c1-3-6-18-12-15-10(9-5-7-17-8-9)14-11(16-12)13-4-2/h5,7-8H,3-4,6H2,1-2H3,(H,13,14,15,16). The first-order chi connectivity index (χ1) is 8.83. The number of anilines is 1. The molecular formula is C12H16N4O2. The van der Waals surface area contributed by atoms with Crippen molar-refractivity contribution in [1.29, 1.82) is 0 Å². The normalized spacial score (nSPS) is 10.3. The van der Waals surface area contributed by atoms with Crippen molar-refractivity contribution in [1.82, 2.24) is 15.0 Å². The van der Waals surface area contributed by atoms with Gasteiger partial charge >= 0.3 is 6.01 Å². The molecule has 0 saturated carbocycles. The van der Waals surface area contributed by atoms with E-state index in [9.17, 15) is 0 Å². The maximum Gasteiger partial charge on any atom is 0.321 e. The monoisotopic (exact) mass is 248 g/mol. The Morgan fingerprint density at radius 3 is 2.83 bits per heavy atom. The average Bonchev–Trinajstić information content (AvgIpc) is 2.90. The fourth-order valence-electron chi connectivity index (χ4n) is 1.37. The van der Waals surface area contributed by atoms with Crippen molar-refractivity contribution in [2.75, 3.05) is 18.5 Å². The topological polar surface area (TPSA) is 73.1 Å². The minimum absolute atomic E-state index is 0.332. The van der Waals surface area contributed by atoms with Gasteiger partial charge in [0.05, 0.1) is 18.4 Å². The molecule has 18 heavy (non-hydrogen) atoms. The van der Waals surface area contributed by atoms with Crippen LogP contribution in [0.4, 0.5) is 5.95 Å². The van der Waals surface area contributed by atoms with Crippen molar-refractivity contribution in [2.45, 2.75) is 20.3 Å². The summed E-state index contributed by atoms with van der Waals surface area (Å²) in [4.78, 5) is 12.7. The zero-order chi connectivity index (χ0) is 12.8. The summed E-state index contributed by atoms with van der Waals surface area (Å²) in [7, 11) is 0. The van der Waals surface area contributed by atoms with Gasteiger partial charge in [0.1, 0.15) is 6.26 Å². The molecule has 0 atom stereocenters. The number of hydrogen-bond acceptors (Lipinski definition) is 6. The van der Waals surface area contributed by atoms with E-state index >= 15 is 0 Å². The fourth-order valence-corrected chi connectivity index (χ4v) is 1.37. The van der Waals surface area contributed by atoms with Crippen LogP contribution in [0.3, 0.4) is 0 Å². The molecule has 0 fully saturated rings. The van der Waals surface area contributed by atoms with E-state index in [1.54, 1.807) is 18.6 Å². The molecule has 2 rings (SSSR count). The summed E-state index contributed by atoms with van der Waals surface area (Å²) in [6.45, 7) is 5.33. The van der Waals surface area contributed by atoms with Gasteiger partial charge in [0.15, 0.2) is 5.82 Å². The first-order valence-electron chi connectivity index (χ1n) is 5.98. The third-order valence-corrected chi connectivity index (χ3v) is 2.16. The van der Waals surface area contributed by atoms with Gasteiger partial charge in [-0.25, -0.2) is 0 Å². The van der Waals surface area contributed by atoms with Crippen molar-refractivity contribution < 1.29 is 9.15 Å². The van der Waals surface area contributed by atoms with Crippen LogP contribution in [0, 0.1) is 0 Å². The number of hydrogen-bond donors (Lipinski definition) is 1. The molecule has 2 heterocycles. The molecule has 0 aliphatic heterocycles. The van der Waals surface area contributed by atoms with Crippen LogP contribution in [0.2, 0.25) is 0 Å². The van der Waals surface area contributed by atoms with Crippen LogP contribution < -0.4 is 10.1 Å². The molecular weight excluding hydrogens is 232 g/mol. The highest BCUT2D eigenvalue weighted by Crippen LogP contribution is 2.19. The Morgan fingerprint density at radius 2 is 2.17 bits per heavy atom. The summed E-state index contributed by atoms with van der Waals surface area (Å²) in [5.41, 5.74) is 0.804. The average molecular weight is 248 g/mol. The van der Waals surface area contributed by atoms with Crippen LogP contribution in [0.15, 0.2) is 23.0 Å². The minimum Gasteiger partial charge on any atom is -0.472 e. The Morgan fingerprint density at radius 1 is 1.28 bits per heavy atom. The molecule has 1 N–H and O–H groups in total. The highest BCUT2D eigenvalue weighted by atomic mass is 16.5. The van der Waals surface area contributed by atoms with Gasteiger partial charge in [-0.15, -0.1) is 0 Å². The summed E-state index contributed by atoms with van der Waals surface area (Å²) in [5.74, 6) is 1.05. The molecule has 0 saturated heterocycles. The third kappa shape index (κ3) is 2.97. The number of aromatic nitrogens is 3. The van der Waals surface area contributed by atoms with Crippen LogP contribution in [0.5, 0.6) is 6.01 Å². The Labute approximate surface area is 105 Å². The van der Waals surface area contributed by atoms with Crippen LogP contribution in [0.25, 0.3) is 11.4 Å². The Hall–Kier alpha value is -2.11. The lowest BCUT2D eigenvalue weighted by molar-refractivity contribution is 0.292. The van der Waals surface area contributed by atoms with Gasteiger partial charge in [-0.05, 0) is 19.4 Å². The molecule has 6 nitrogen and oxygen atoms in total. The Balaban J connectivity index is 2.30. The summed E-state index contributed by atoms with van der Waals surface area (Å²) < 4.78 is 10.5. The highest BCUT2D eigenvalue weighted by molar-refractivity contribution is 5.54. The molecule has 0 aromatic carbocycles. The second-order valence-electron chi connectivity index (χ2n) is 3.66. The van der Waals surface area contributed by atoms with Crippen LogP contribution in [-0.2, 0) is 0 Å². The largest absolute Gasteiger partial charge is 0.472 e. The SMILES string of the molecule is CCCOc1nc(NCC)nc(-c2ccoc2)n1. The molecule has 0 bridgehead atoms. The van der Waals surface area contributed by atoms with E-state index in [0.29, 0.717) is 24.4 Å². The lowest BCUT2D eigenvalue weighted by Crippen LogP contribution is -2.08. The summed E-state index contributed by atoms with van der Waals surface area (Å²) in [6.07, 6.45) is 4.08. The maximum absolute atomic E-state index is 5.45. The van der Waals surface area contributed by atoms with Gasteiger partial charge in [-0.1, -0.05) is 6.92 Å². The smallest absolute Gasteiger partial charge is 0.321 e. The van der Waals surface area contributed by atoms with Crippen LogP contribution in [0.1, 0.15) is 20.3 Å². The van der Waals surface area contributed by atoms with Crippen molar-refractivity contribution in [3.63, 3.8) is 0 Å². The highest BCUT2D eigenvalue weighted by Gasteiger charge is 2.09. The van der Waals surface area contributed by atoms with Crippen LogP contribution in [-0.4, -0.2) is 28.1 Å². The van der Waals surface area contributed by atoms with Crippen molar-refractivity contribution >= 4 is 5.95 Å². The lowest BCUT2D eigenvalue weighted by Gasteiger charge is -2.07. The van der Waals surface area contributed by atoms with E-state index in [1.165, 1.54) is 0 Å². The Bertz CT molecular complexity index is 485. The summed E-state index contributed by atoms with van der Waals surface area (Å²) in [5, 5.41) is 3.05. The number of nitrogens with zero attached hydrogens (tertiary/aromatic N) is 3. The van der Waals surface area contributed by atoms with E-state index in [0.717, 1.165) is 18.5 Å². The van der Waals surface area contributed by atoms with E-state index in [2.05, 4.69) is 20.3 Å². The molecule has 6 heteroatoms. The molecule has 2 aromatic heterocycles. The summed E-state index contributed by atoms with van der Waals surface area (Å²) in [6, 6.07) is 2.13. The van der Waals surface area contributed by atoms with Crippen LogP contribution >= 0.6 is 0 Å². The number of ether oxygens (including phenoxy) is 1. The number of nitrogens with one attached hydrogen (secondary N) is 1. The predicted molar refractivity (Wildman–Crippen MR) is 67.5 cm³/mol. The maximum atomic E-state index is 5.45. The quantitative estimate of drug-likeness (QED) is 0.846. The second kappa shape index (κ2) is 6.00. The zero-order valence-electron chi connectivity index (χ0n) is 10.5.